The summed E-state index contributed by atoms with van der Waals surface area (Å²) in [7, 11) is -0.0408. The first-order chi connectivity index (χ1) is 7.43. The quantitative estimate of drug-likeness (QED) is 0.716. The maximum absolute atomic E-state index is 11.6. The van der Waals surface area contributed by atoms with Crippen molar-refractivity contribution in [3.8, 4) is 0 Å². The second kappa shape index (κ2) is 5.40. The van der Waals surface area contributed by atoms with Gasteiger partial charge >= 0.3 is 0 Å². The number of nitrogens with one attached hydrogen (secondary N) is 1. The summed E-state index contributed by atoms with van der Waals surface area (Å²) < 4.78 is 23.2. The fourth-order valence-electron chi connectivity index (χ4n) is 1.30. The van der Waals surface area contributed by atoms with E-state index in [1.165, 1.54) is 5.01 Å². The van der Waals surface area contributed by atoms with E-state index in [-0.39, 0.29) is 5.75 Å². The van der Waals surface area contributed by atoms with Crippen molar-refractivity contribution in [2.24, 2.45) is 5.73 Å². The van der Waals surface area contributed by atoms with Crippen molar-refractivity contribution < 1.29 is 8.42 Å². The number of hydrazine groups is 1. The molecule has 0 bridgehead atoms. The SMILES string of the molecule is CN(C)NS(=O)(=O)Cc1ccc(CN)cc1. The van der Waals surface area contributed by atoms with Gasteiger partial charge in [-0.3, -0.25) is 0 Å². The number of hydrogen-bond donors (Lipinski definition) is 2. The van der Waals surface area contributed by atoms with E-state index in [1.54, 1.807) is 26.2 Å². The molecule has 0 fully saturated rings. The van der Waals surface area contributed by atoms with Crippen LogP contribution in [0.4, 0.5) is 0 Å². The Hall–Kier alpha value is -0.950. The predicted molar refractivity (Wildman–Crippen MR) is 63.8 cm³/mol. The van der Waals surface area contributed by atoms with Crippen molar-refractivity contribution >= 4 is 10.0 Å². The van der Waals surface area contributed by atoms with Crippen LogP contribution in [0.2, 0.25) is 0 Å². The molecule has 0 aliphatic carbocycles. The molecule has 0 aliphatic heterocycles. The first-order valence-electron chi connectivity index (χ1n) is 4.88. The lowest BCUT2D eigenvalue weighted by molar-refractivity contribution is 0.363. The van der Waals surface area contributed by atoms with E-state index in [0.29, 0.717) is 6.54 Å². The largest absolute Gasteiger partial charge is 0.326 e. The van der Waals surface area contributed by atoms with Crippen molar-refractivity contribution in [1.29, 1.82) is 0 Å². The highest BCUT2D eigenvalue weighted by molar-refractivity contribution is 7.88. The Morgan fingerprint density at radius 2 is 1.69 bits per heavy atom. The molecule has 0 radical (unpaired) electrons. The van der Waals surface area contributed by atoms with E-state index >= 15 is 0 Å². The van der Waals surface area contributed by atoms with Crippen LogP contribution in [0.3, 0.4) is 0 Å². The minimum Gasteiger partial charge on any atom is -0.326 e. The fourth-order valence-corrected chi connectivity index (χ4v) is 2.55. The summed E-state index contributed by atoms with van der Waals surface area (Å²) in [6.07, 6.45) is 0. The third kappa shape index (κ3) is 4.28. The third-order valence-electron chi connectivity index (χ3n) is 1.94. The van der Waals surface area contributed by atoms with E-state index in [2.05, 4.69) is 4.83 Å². The fraction of sp³-hybridized carbons (Fsp3) is 0.400. The molecule has 0 spiro atoms. The van der Waals surface area contributed by atoms with Gasteiger partial charge in [0.2, 0.25) is 10.0 Å². The summed E-state index contributed by atoms with van der Waals surface area (Å²) in [5, 5.41) is 1.41. The van der Waals surface area contributed by atoms with Gasteiger partial charge < -0.3 is 5.73 Å². The van der Waals surface area contributed by atoms with E-state index in [9.17, 15) is 8.42 Å². The topological polar surface area (TPSA) is 75.4 Å². The number of nitrogens with zero attached hydrogens (tertiary/aromatic N) is 1. The highest BCUT2D eigenvalue weighted by Crippen LogP contribution is 2.07. The first-order valence-corrected chi connectivity index (χ1v) is 6.53. The van der Waals surface area contributed by atoms with Crippen LogP contribution in [0.15, 0.2) is 24.3 Å². The molecule has 0 heterocycles. The van der Waals surface area contributed by atoms with Crippen LogP contribution < -0.4 is 10.6 Å². The summed E-state index contributed by atoms with van der Waals surface area (Å²) in [6, 6.07) is 7.22. The van der Waals surface area contributed by atoms with Crippen molar-refractivity contribution in [2.75, 3.05) is 14.1 Å². The summed E-state index contributed by atoms with van der Waals surface area (Å²) in [4.78, 5) is 2.38. The maximum Gasteiger partial charge on any atom is 0.228 e. The highest BCUT2D eigenvalue weighted by atomic mass is 32.2. The van der Waals surface area contributed by atoms with Crippen molar-refractivity contribution in [3.05, 3.63) is 35.4 Å². The normalized spacial score (nSPS) is 12.0. The van der Waals surface area contributed by atoms with Crippen LogP contribution in [0.5, 0.6) is 0 Å². The van der Waals surface area contributed by atoms with Gasteiger partial charge in [-0.1, -0.05) is 24.3 Å². The van der Waals surface area contributed by atoms with Gasteiger partial charge in [0, 0.05) is 20.6 Å². The highest BCUT2D eigenvalue weighted by Gasteiger charge is 2.11. The molecular weight excluding hydrogens is 226 g/mol. The molecule has 0 aromatic heterocycles. The van der Waals surface area contributed by atoms with Crippen LogP contribution in [-0.4, -0.2) is 27.5 Å². The monoisotopic (exact) mass is 243 g/mol. The molecular formula is C10H17N3O2S. The second-order valence-corrected chi connectivity index (χ2v) is 5.47. The number of benzene rings is 1. The van der Waals surface area contributed by atoms with E-state index in [1.807, 2.05) is 12.1 Å². The molecule has 3 N–H and O–H groups in total. The zero-order valence-corrected chi connectivity index (χ0v) is 10.3. The Labute approximate surface area is 96.3 Å². The number of hydrogen-bond acceptors (Lipinski definition) is 4. The lowest BCUT2D eigenvalue weighted by atomic mass is 10.1. The number of nitrogens with two attached hydrogens (primary N) is 1. The Morgan fingerprint density at radius 3 is 2.12 bits per heavy atom. The summed E-state index contributed by atoms with van der Waals surface area (Å²) in [5.41, 5.74) is 7.19. The minimum absolute atomic E-state index is 0.0317. The van der Waals surface area contributed by atoms with Gasteiger partial charge in [-0.15, -0.1) is 4.83 Å². The number of sulfonamides is 1. The van der Waals surface area contributed by atoms with Gasteiger partial charge in [0.1, 0.15) is 0 Å². The smallest absolute Gasteiger partial charge is 0.228 e. The molecule has 0 amide bonds. The molecule has 1 aromatic rings. The van der Waals surface area contributed by atoms with Gasteiger partial charge in [0.15, 0.2) is 0 Å². The minimum atomic E-state index is -3.31. The van der Waals surface area contributed by atoms with Crippen LogP contribution in [0.25, 0.3) is 0 Å². The standard InChI is InChI=1S/C10H17N3O2S/c1-13(2)12-16(14,15)8-10-5-3-9(7-11)4-6-10/h3-6,12H,7-8,11H2,1-2H3. The predicted octanol–water partition coefficient (Wildman–Crippen LogP) is 0.0413. The van der Waals surface area contributed by atoms with Gasteiger partial charge in [-0.25, -0.2) is 13.4 Å². The molecule has 5 nitrogen and oxygen atoms in total. The average molecular weight is 243 g/mol. The molecule has 0 aliphatic rings. The van der Waals surface area contributed by atoms with Crippen molar-refractivity contribution in [2.45, 2.75) is 12.3 Å². The van der Waals surface area contributed by atoms with E-state index < -0.39 is 10.0 Å². The van der Waals surface area contributed by atoms with Gasteiger partial charge in [0.05, 0.1) is 5.75 Å². The van der Waals surface area contributed by atoms with Crippen LogP contribution in [0.1, 0.15) is 11.1 Å². The summed E-state index contributed by atoms with van der Waals surface area (Å²) >= 11 is 0. The second-order valence-electron chi connectivity index (χ2n) is 3.77. The molecule has 90 valence electrons. The summed E-state index contributed by atoms with van der Waals surface area (Å²) in [6.45, 7) is 0.461. The lowest BCUT2D eigenvalue weighted by Gasteiger charge is -2.12. The molecule has 0 saturated carbocycles. The van der Waals surface area contributed by atoms with Gasteiger partial charge in [0.25, 0.3) is 0 Å². The lowest BCUT2D eigenvalue weighted by Crippen LogP contribution is -2.36. The Balaban J connectivity index is 2.72. The summed E-state index contributed by atoms with van der Waals surface area (Å²) in [5.74, 6) is -0.0317. The molecule has 0 saturated heterocycles. The Kier molecular flexibility index (Phi) is 4.43. The van der Waals surface area contributed by atoms with Crippen LogP contribution >= 0.6 is 0 Å². The number of rotatable bonds is 5. The molecule has 16 heavy (non-hydrogen) atoms. The Morgan fingerprint density at radius 1 is 1.19 bits per heavy atom. The molecule has 1 rings (SSSR count). The average Bonchev–Trinajstić information content (AvgIpc) is 2.16. The van der Waals surface area contributed by atoms with Gasteiger partial charge in [-0.05, 0) is 11.1 Å². The first kappa shape index (κ1) is 13.1. The molecule has 0 atom stereocenters. The third-order valence-corrected chi connectivity index (χ3v) is 3.29. The molecule has 0 unspecified atom stereocenters. The van der Waals surface area contributed by atoms with Crippen LogP contribution in [-0.2, 0) is 22.3 Å². The zero-order chi connectivity index (χ0) is 12.2. The molecule has 1 aromatic carbocycles. The maximum atomic E-state index is 11.6. The Bertz CT molecular complexity index is 426. The van der Waals surface area contributed by atoms with Crippen molar-refractivity contribution in [1.82, 2.24) is 9.84 Å². The van der Waals surface area contributed by atoms with Crippen molar-refractivity contribution in [3.63, 3.8) is 0 Å². The van der Waals surface area contributed by atoms with Gasteiger partial charge in [-0.2, -0.15) is 0 Å². The molecule has 6 heteroatoms. The zero-order valence-electron chi connectivity index (χ0n) is 9.47. The van der Waals surface area contributed by atoms with E-state index in [4.69, 9.17) is 5.73 Å². The van der Waals surface area contributed by atoms with E-state index in [0.717, 1.165) is 11.1 Å². The van der Waals surface area contributed by atoms with Crippen LogP contribution in [0, 0.1) is 0 Å².